The van der Waals surface area contributed by atoms with Crippen molar-refractivity contribution in [2.45, 2.75) is 13.3 Å². The van der Waals surface area contributed by atoms with E-state index in [0.29, 0.717) is 44.0 Å². The standard InChI is InChI=1S/C24H25N5O3/c1-16-6-8-17(9-7-16)18-14-19(23(25)26-15-18)22(30)20-4-2-5-21(27-20)28-10-3-11-29(13-12-28)24(31)32/h2,4-9,14-15H,3,10-13H2,1H3,(H2,25,26)(H,31,32). The van der Waals surface area contributed by atoms with Crippen LogP contribution < -0.4 is 10.6 Å². The number of aryl methyl sites for hydroxylation is 1. The molecule has 0 atom stereocenters. The minimum atomic E-state index is -0.917. The van der Waals surface area contributed by atoms with E-state index in [-0.39, 0.29) is 17.3 Å². The fourth-order valence-corrected chi connectivity index (χ4v) is 3.76. The van der Waals surface area contributed by atoms with Crippen LogP contribution in [0.4, 0.5) is 16.4 Å². The molecular formula is C24H25N5O3. The highest BCUT2D eigenvalue weighted by Gasteiger charge is 2.21. The number of nitrogens with zero attached hydrogens (tertiary/aromatic N) is 4. The summed E-state index contributed by atoms with van der Waals surface area (Å²) in [5.41, 5.74) is 9.53. The van der Waals surface area contributed by atoms with Gasteiger partial charge in [0, 0.05) is 37.9 Å². The van der Waals surface area contributed by atoms with Crippen molar-refractivity contribution in [1.82, 2.24) is 14.9 Å². The molecule has 2 aromatic heterocycles. The first-order valence-corrected chi connectivity index (χ1v) is 10.5. The number of benzene rings is 1. The van der Waals surface area contributed by atoms with Crippen LogP contribution in [0.25, 0.3) is 11.1 Å². The number of aromatic nitrogens is 2. The Bertz CT molecular complexity index is 1150. The lowest BCUT2D eigenvalue weighted by Gasteiger charge is -2.22. The molecule has 32 heavy (non-hydrogen) atoms. The Morgan fingerprint density at radius 3 is 2.53 bits per heavy atom. The number of carbonyl (C=O) groups excluding carboxylic acids is 1. The third-order valence-corrected chi connectivity index (χ3v) is 5.61. The van der Waals surface area contributed by atoms with Gasteiger partial charge in [0.15, 0.2) is 0 Å². The molecule has 1 fully saturated rings. The van der Waals surface area contributed by atoms with Crippen molar-refractivity contribution in [2.24, 2.45) is 0 Å². The molecule has 1 amide bonds. The number of hydrogen-bond donors (Lipinski definition) is 2. The number of ketones is 1. The van der Waals surface area contributed by atoms with E-state index in [1.54, 1.807) is 24.4 Å². The molecule has 0 bridgehead atoms. The highest BCUT2D eigenvalue weighted by molar-refractivity contribution is 6.11. The van der Waals surface area contributed by atoms with E-state index < -0.39 is 6.09 Å². The van der Waals surface area contributed by atoms with Gasteiger partial charge < -0.3 is 20.6 Å². The van der Waals surface area contributed by atoms with E-state index in [4.69, 9.17) is 5.73 Å². The molecule has 4 rings (SSSR count). The fourth-order valence-electron chi connectivity index (χ4n) is 3.76. The minimum absolute atomic E-state index is 0.157. The summed E-state index contributed by atoms with van der Waals surface area (Å²) in [7, 11) is 0. The second-order valence-corrected chi connectivity index (χ2v) is 7.84. The summed E-state index contributed by atoms with van der Waals surface area (Å²) in [6, 6.07) is 15.0. The monoisotopic (exact) mass is 431 g/mol. The molecule has 1 aliphatic heterocycles. The van der Waals surface area contributed by atoms with Gasteiger partial charge in [0.25, 0.3) is 0 Å². The largest absolute Gasteiger partial charge is 0.465 e. The summed E-state index contributed by atoms with van der Waals surface area (Å²) in [4.78, 5) is 36.7. The van der Waals surface area contributed by atoms with Gasteiger partial charge >= 0.3 is 6.09 Å². The molecule has 8 nitrogen and oxygen atoms in total. The number of nitrogen functional groups attached to an aromatic ring is 1. The van der Waals surface area contributed by atoms with Crippen molar-refractivity contribution in [2.75, 3.05) is 36.8 Å². The Morgan fingerprint density at radius 1 is 1.00 bits per heavy atom. The molecule has 1 saturated heterocycles. The van der Waals surface area contributed by atoms with Gasteiger partial charge in [-0.05, 0) is 37.1 Å². The van der Waals surface area contributed by atoms with Gasteiger partial charge in [-0.25, -0.2) is 14.8 Å². The predicted octanol–water partition coefficient (Wildman–Crippen LogP) is 3.46. The number of carbonyl (C=O) groups is 2. The average molecular weight is 431 g/mol. The quantitative estimate of drug-likeness (QED) is 0.608. The summed E-state index contributed by atoms with van der Waals surface area (Å²) in [5.74, 6) is 0.502. The molecule has 0 saturated carbocycles. The van der Waals surface area contributed by atoms with Gasteiger partial charge in [-0.1, -0.05) is 35.9 Å². The summed E-state index contributed by atoms with van der Waals surface area (Å²) < 4.78 is 0. The van der Waals surface area contributed by atoms with Crippen molar-refractivity contribution in [3.63, 3.8) is 0 Å². The number of anilines is 2. The maximum atomic E-state index is 13.3. The van der Waals surface area contributed by atoms with Gasteiger partial charge in [0.2, 0.25) is 5.78 Å². The number of pyridine rings is 2. The second-order valence-electron chi connectivity index (χ2n) is 7.84. The Kier molecular flexibility index (Phi) is 6.02. The Hall–Kier alpha value is -3.94. The zero-order valence-corrected chi connectivity index (χ0v) is 17.9. The van der Waals surface area contributed by atoms with Gasteiger partial charge in [-0.15, -0.1) is 0 Å². The van der Waals surface area contributed by atoms with Crippen molar-refractivity contribution < 1.29 is 14.7 Å². The normalized spacial score (nSPS) is 14.2. The van der Waals surface area contributed by atoms with Crippen molar-refractivity contribution in [3.8, 4) is 11.1 Å². The SMILES string of the molecule is Cc1ccc(-c2cnc(N)c(C(=O)c3cccc(N4CCCN(C(=O)O)CC4)n3)c2)cc1. The summed E-state index contributed by atoms with van der Waals surface area (Å²) >= 11 is 0. The Labute approximate surface area is 186 Å². The maximum absolute atomic E-state index is 13.3. The van der Waals surface area contributed by atoms with E-state index in [1.807, 2.05) is 42.2 Å². The van der Waals surface area contributed by atoms with Gasteiger partial charge in [0.1, 0.15) is 17.3 Å². The van der Waals surface area contributed by atoms with Crippen molar-refractivity contribution in [3.05, 3.63) is 71.5 Å². The first-order valence-electron chi connectivity index (χ1n) is 10.5. The smallest absolute Gasteiger partial charge is 0.407 e. The molecule has 164 valence electrons. The lowest BCUT2D eigenvalue weighted by molar-refractivity contribution is 0.103. The fraction of sp³-hybridized carbons (Fsp3) is 0.250. The van der Waals surface area contributed by atoms with E-state index in [9.17, 15) is 14.7 Å². The van der Waals surface area contributed by atoms with Crippen LogP contribution in [0.3, 0.4) is 0 Å². The maximum Gasteiger partial charge on any atom is 0.407 e. The zero-order valence-electron chi connectivity index (χ0n) is 17.9. The van der Waals surface area contributed by atoms with Gasteiger partial charge in [-0.3, -0.25) is 4.79 Å². The highest BCUT2D eigenvalue weighted by atomic mass is 16.4. The molecule has 0 aliphatic carbocycles. The molecule has 3 heterocycles. The minimum Gasteiger partial charge on any atom is -0.465 e. The molecular weight excluding hydrogens is 406 g/mol. The molecule has 1 aliphatic rings. The Balaban J connectivity index is 1.59. The van der Waals surface area contributed by atoms with E-state index in [2.05, 4.69) is 9.97 Å². The van der Waals surface area contributed by atoms with E-state index in [1.165, 1.54) is 4.90 Å². The van der Waals surface area contributed by atoms with Crippen LogP contribution in [0.1, 0.15) is 28.0 Å². The van der Waals surface area contributed by atoms with Crippen molar-refractivity contribution >= 4 is 23.5 Å². The summed E-state index contributed by atoms with van der Waals surface area (Å²) in [5, 5.41) is 9.24. The van der Waals surface area contributed by atoms with Crippen LogP contribution in [0.2, 0.25) is 0 Å². The predicted molar refractivity (Wildman–Crippen MR) is 123 cm³/mol. The first-order chi connectivity index (χ1) is 15.4. The van der Waals surface area contributed by atoms with Gasteiger partial charge in [0.05, 0.1) is 5.56 Å². The van der Waals surface area contributed by atoms with Crippen LogP contribution >= 0.6 is 0 Å². The first kappa shape index (κ1) is 21.3. The number of rotatable bonds is 4. The summed E-state index contributed by atoms with van der Waals surface area (Å²) in [6.45, 7) is 4.08. The summed E-state index contributed by atoms with van der Waals surface area (Å²) in [6.07, 6.45) is 1.44. The lowest BCUT2D eigenvalue weighted by Crippen LogP contribution is -2.34. The molecule has 0 spiro atoms. The highest BCUT2D eigenvalue weighted by Crippen LogP contribution is 2.25. The molecule has 0 radical (unpaired) electrons. The van der Waals surface area contributed by atoms with Crippen LogP contribution in [0, 0.1) is 6.92 Å². The van der Waals surface area contributed by atoms with Crippen LogP contribution in [-0.4, -0.2) is 58.0 Å². The number of nitrogens with two attached hydrogens (primary N) is 1. The van der Waals surface area contributed by atoms with E-state index >= 15 is 0 Å². The molecule has 8 heteroatoms. The van der Waals surface area contributed by atoms with Crippen LogP contribution in [0.5, 0.6) is 0 Å². The molecule has 1 aromatic carbocycles. The van der Waals surface area contributed by atoms with Gasteiger partial charge in [-0.2, -0.15) is 0 Å². The third kappa shape index (κ3) is 4.54. The molecule has 3 aromatic rings. The number of amides is 1. The van der Waals surface area contributed by atoms with Crippen LogP contribution in [-0.2, 0) is 0 Å². The van der Waals surface area contributed by atoms with Crippen molar-refractivity contribution in [1.29, 1.82) is 0 Å². The number of carboxylic acid groups (broad SMARTS) is 1. The van der Waals surface area contributed by atoms with Crippen LogP contribution in [0.15, 0.2) is 54.7 Å². The average Bonchev–Trinajstić information content (AvgIpc) is 3.06. The number of hydrogen-bond acceptors (Lipinski definition) is 6. The van der Waals surface area contributed by atoms with E-state index in [0.717, 1.165) is 16.7 Å². The molecule has 0 unspecified atom stereocenters. The lowest BCUT2D eigenvalue weighted by atomic mass is 10.0. The third-order valence-electron chi connectivity index (χ3n) is 5.61. The topological polar surface area (TPSA) is 113 Å². The molecule has 3 N–H and O–H groups in total. The Morgan fingerprint density at radius 2 is 1.78 bits per heavy atom. The second kappa shape index (κ2) is 9.05. The zero-order chi connectivity index (χ0) is 22.7.